The molecule has 0 aromatic rings. The lowest BCUT2D eigenvalue weighted by atomic mass is 9.91. The van der Waals surface area contributed by atoms with Crippen molar-refractivity contribution in [2.24, 2.45) is 0 Å². The topological polar surface area (TPSA) is 77.5 Å². The van der Waals surface area contributed by atoms with E-state index in [1.165, 1.54) is 0 Å². The number of carboxylic acids is 1. The molecular formula is C16H5F25NO4S-. The molecule has 0 aliphatic carbocycles. The maximum absolute atomic E-state index is 14.3. The van der Waals surface area contributed by atoms with Gasteiger partial charge in [0, 0.05) is 6.54 Å². The fraction of sp³-hybridized carbons (Fsp3) is 0.812. The Morgan fingerprint density at radius 1 is 0.574 bits per heavy atom. The van der Waals surface area contributed by atoms with Crippen molar-refractivity contribution in [3.8, 4) is 0 Å². The second-order valence-electron chi connectivity index (χ2n) is 8.22. The minimum Gasteiger partial charge on any atom is -0.545 e. The van der Waals surface area contributed by atoms with E-state index in [0.29, 0.717) is 0 Å². The Kier molecular flexibility index (Phi) is 10.8. The molecule has 0 saturated heterocycles. The van der Waals surface area contributed by atoms with Crippen molar-refractivity contribution in [2.45, 2.75) is 72.0 Å². The number of carbonyl (C=O) groups is 1. The molecule has 0 amide bonds. The molecule has 0 aliphatic heterocycles. The highest BCUT2D eigenvalue weighted by atomic mass is 32.2. The third-order valence-corrected chi connectivity index (χ3v) is 7.24. The fourth-order valence-electron chi connectivity index (χ4n) is 2.74. The van der Waals surface area contributed by atoms with E-state index in [0.717, 1.165) is 0 Å². The lowest BCUT2D eigenvalue weighted by Crippen LogP contribution is -2.75. The molecule has 31 heteroatoms. The summed E-state index contributed by atoms with van der Waals surface area (Å²) in [5.41, 5.74) is -4.53. The first-order valence-corrected chi connectivity index (χ1v) is 11.5. The molecular weight excluding hydrogens is 777 g/mol. The van der Waals surface area contributed by atoms with E-state index in [4.69, 9.17) is 0 Å². The lowest BCUT2D eigenvalue weighted by molar-refractivity contribution is -0.458. The average molecular weight is 782 g/mol. The normalized spacial score (nSPS) is 16.8. The van der Waals surface area contributed by atoms with E-state index in [1.54, 1.807) is 0 Å². The van der Waals surface area contributed by atoms with Crippen molar-refractivity contribution in [2.75, 3.05) is 6.54 Å². The van der Waals surface area contributed by atoms with Crippen molar-refractivity contribution in [1.29, 1.82) is 0 Å². The molecule has 0 radical (unpaired) electrons. The van der Waals surface area contributed by atoms with Crippen LogP contribution in [0.1, 0.15) is 6.92 Å². The first-order chi connectivity index (χ1) is 19.9. The van der Waals surface area contributed by atoms with Crippen LogP contribution in [-0.2, 0) is 14.8 Å². The number of carbonyl (C=O) groups excluding carboxylic acids is 1. The quantitative estimate of drug-likeness (QED) is 0.124. The lowest BCUT2D eigenvalue weighted by Gasteiger charge is -2.43. The third-order valence-electron chi connectivity index (χ3n) is 5.27. The molecule has 5 nitrogen and oxygen atoms in total. The number of hydrogen-bond acceptors (Lipinski definition) is 4. The molecule has 280 valence electrons. The smallest absolute Gasteiger partial charge is 0.460 e. The Balaban J connectivity index is 7.66. The highest BCUT2D eigenvalue weighted by molar-refractivity contribution is 7.90. The van der Waals surface area contributed by atoms with Crippen LogP contribution in [0.5, 0.6) is 0 Å². The highest BCUT2D eigenvalue weighted by Crippen LogP contribution is 2.65. The number of hydrogen-bond donors (Lipinski definition) is 0. The molecule has 0 fully saturated rings. The van der Waals surface area contributed by atoms with Crippen LogP contribution in [0.25, 0.3) is 0 Å². The standard InChI is InChI=1S/C16H6F25NO4S/c1-2-42(15(38,39)6(18,19)4(17)3(5(43)44)7(20,21)22)47(45,46)16(40,41)13(33,34)11(29,30)9(25,26)8(23,24)10(27,28)12(31,32)14(35,36)37/h2H2,1H3,(H,43,44)/p-1. The Morgan fingerprint density at radius 3 is 1.13 bits per heavy atom. The van der Waals surface area contributed by atoms with Gasteiger partial charge in [0.25, 0.3) is 10.0 Å². The molecule has 0 aliphatic rings. The second-order valence-corrected chi connectivity index (χ2v) is 10.1. The predicted octanol–water partition coefficient (Wildman–Crippen LogP) is 6.37. The van der Waals surface area contributed by atoms with Gasteiger partial charge >= 0.3 is 65.1 Å². The van der Waals surface area contributed by atoms with Crippen LogP contribution in [0.3, 0.4) is 0 Å². The molecule has 0 unspecified atom stereocenters. The van der Waals surface area contributed by atoms with Gasteiger partial charge < -0.3 is 9.90 Å². The van der Waals surface area contributed by atoms with E-state index in [-0.39, 0.29) is 0 Å². The van der Waals surface area contributed by atoms with Gasteiger partial charge in [-0.3, -0.25) is 0 Å². The van der Waals surface area contributed by atoms with E-state index >= 15 is 0 Å². The van der Waals surface area contributed by atoms with Crippen molar-refractivity contribution in [1.82, 2.24) is 4.31 Å². The van der Waals surface area contributed by atoms with Gasteiger partial charge in [-0.2, -0.15) is 105 Å². The van der Waals surface area contributed by atoms with Gasteiger partial charge in [-0.05, 0) is 0 Å². The van der Waals surface area contributed by atoms with Gasteiger partial charge in [0.15, 0.2) is 5.83 Å². The van der Waals surface area contributed by atoms with Crippen molar-refractivity contribution in [3.05, 3.63) is 11.4 Å². The van der Waals surface area contributed by atoms with Crippen molar-refractivity contribution in [3.63, 3.8) is 0 Å². The zero-order valence-corrected chi connectivity index (χ0v) is 21.5. The molecule has 0 spiro atoms. The van der Waals surface area contributed by atoms with Gasteiger partial charge in [0.05, 0.1) is 5.97 Å². The fourth-order valence-corrected chi connectivity index (χ4v) is 4.23. The largest absolute Gasteiger partial charge is 0.545 e. The van der Waals surface area contributed by atoms with Crippen LogP contribution in [0.15, 0.2) is 11.4 Å². The van der Waals surface area contributed by atoms with Crippen LogP contribution in [-0.4, -0.2) is 90.3 Å². The summed E-state index contributed by atoms with van der Waals surface area (Å²) in [5.74, 6) is -72.6. The van der Waals surface area contributed by atoms with Gasteiger partial charge in [-0.25, -0.2) is 12.8 Å². The summed E-state index contributed by atoms with van der Waals surface area (Å²) in [6.45, 7) is -3.76. The molecule has 0 saturated carbocycles. The maximum Gasteiger partial charge on any atom is 0.460 e. The predicted molar refractivity (Wildman–Crippen MR) is 91.1 cm³/mol. The summed E-state index contributed by atoms with van der Waals surface area (Å²) in [5, 5.41) is 1.41. The molecule has 0 rings (SSSR count). The van der Waals surface area contributed by atoms with Crippen molar-refractivity contribution < 1.29 is 128 Å². The Hall–Kier alpha value is -2.63. The number of carboxylic acid groups (broad SMARTS) is 1. The van der Waals surface area contributed by atoms with E-state index in [1.807, 2.05) is 0 Å². The summed E-state index contributed by atoms with van der Waals surface area (Å²) in [7, 11) is -9.33. The average Bonchev–Trinajstić information content (AvgIpc) is 2.81. The van der Waals surface area contributed by atoms with Crippen LogP contribution < -0.4 is 5.11 Å². The van der Waals surface area contributed by atoms with Gasteiger partial charge in [-0.1, -0.05) is 6.92 Å². The van der Waals surface area contributed by atoms with Crippen molar-refractivity contribution >= 4 is 16.0 Å². The van der Waals surface area contributed by atoms with E-state index in [9.17, 15) is 128 Å². The number of alkyl halides is 24. The summed E-state index contributed by atoms with van der Waals surface area (Å²) >= 11 is 0. The molecule has 0 aromatic carbocycles. The molecule has 0 heterocycles. The van der Waals surface area contributed by atoms with E-state index < -0.39 is 110 Å². The number of aliphatic carboxylic acids is 1. The van der Waals surface area contributed by atoms with Gasteiger partial charge in [-0.15, -0.1) is 4.31 Å². The zero-order chi connectivity index (χ0) is 39.0. The summed E-state index contributed by atoms with van der Waals surface area (Å²) in [4.78, 5) is 10.3. The SMILES string of the molecule is CCN(C(F)(F)C(F)(F)C(F)=C(C(=O)[O-])C(F)(F)F)S(=O)(=O)C(F)(F)C(F)(F)C(F)(F)C(F)(F)C(F)(F)C(F)(F)C(F)(F)C(F)(F)F. The molecule has 0 aromatic heterocycles. The minimum atomic E-state index is -9.48. The minimum absolute atomic E-state index is 0.596. The Labute approximate surface area is 239 Å². The molecule has 0 bridgehead atoms. The van der Waals surface area contributed by atoms with Crippen LogP contribution in [0.2, 0.25) is 0 Å². The monoisotopic (exact) mass is 782 g/mol. The second kappa shape index (κ2) is 11.5. The summed E-state index contributed by atoms with van der Waals surface area (Å²) < 4.78 is 355. The van der Waals surface area contributed by atoms with Crippen LogP contribution in [0.4, 0.5) is 110 Å². The van der Waals surface area contributed by atoms with Gasteiger partial charge in [0.2, 0.25) is 0 Å². The van der Waals surface area contributed by atoms with E-state index in [2.05, 4.69) is 0 Å². The number of rotatable bonds is 13. The third kappa shape index (κ3) is 5.88. The summed E-state index contributed by atoms with van der Waals surface area (Å²) in [6.07, 6.45) is -15.3. The zero-order valence-electron chi connectivity index (χ0n) is 20.6. The van der Waals surface area contributed by atoms with Crippen LogP contribution >= 0.6 is 0 Å². The maximum atomic E-state index is 14.3. The first-order valence-electron chi connectivity index (χ1n) is 10.1. The molecule has 47 heavy (non-hydrogen) atoms. The number of sulfonamides is 1. The van der Waals surface area contributed by atoms with Gasteiger partial charge in [0.1, 0.15) is 5.57 Å². The summed E-state index contributed by atoms with van der Waals surface area (Å²) in [6, 6.07) is -7.92. The number of nitrogens with zero attached hydrogens (tertiary/aromatic N) is 1. The molecule has 0 atom stereocenters. The first kappa shape index (κ1) is 44.4. The van der Waals surface area contributed by atoms with Crippen LogP contribution in [0, 0.1) is 0 Å². The Bertz CT molecular complexity index is 1340. The molecule has 0 N–H and O–H groups in total. The number of halogens is 25. The Morgan fingerprint density at radius 2 is 0.872 bits per heavy atom. The highest BCUT2D eigenvalue weighted by Gasteiger charge is 2.96.